The molecular weight excluding hydrogens is 809 g/mol. The van der Waals surface area contributed by atoms with Crippen LogP contribution in [0.2, 0.25) is 0 Å². The first-order valence-corrected chi connectivity index (χ1v) is 22.3. The van der Waals surface area contributed by atoms with Gasteiger partial charge in [0, 0.05) is 42.1 Å². The van der Waals surface area contributed by atoms with Crippen molar-refractivity contribution in [3.63, 3.8) is 0 Å². The zero-order chi connectivity index (χ0) is 45.1. The predicted molar refractivity (Wildman–Crippen MR) is 244 cm³/mol. The highest BCUT2D eigenvalue weighted by molar-refractivity contribution is 6.13. The molecule has 8 rings (SSSR count). The number of alkyl carbamates (subject to hydrolysis) is 1. The first kappa shape index (κ1) is 43.9. The molecule has 1 aromatic heterocycles. The number of anilines is 1. The lowest BCUT2D eigenvalue weighted by atomic mass is 9.97. The molecule has 0 radical (unpaired) electrons. The molecule has 4 atom stereocenters. The molecule has 0 bridgehead atoms. The second kappa shape index (κ2) is 18.5. The summed E-state index contributed by atoms with van der Waals surface area (Å²) >= 11 is 0. The van der Waals surface area contributed by atoms with Crippen molar-refractivity contribution >= 4 is 52.1 Å². The smallest absolute Gasteiger partial charge is 0.408 e. The second-order valence-corrected chi connectivity index (χ2v) is 18.2. The van der Waals surface area contributed by atoms with Crippen LogP contribution in [0.4, 0.5) is 10.5 Å². The van der Waals surface area contributed by atoms with Crippen LogP contribution >= 0.6 is 0 Å². The van der Waals surface area contributed by atoms with E-state index in [-0.39, 0.29) is 41.9 Å². The van der Waals surface area contributed by atoms with Gasteiger partial charge in [-0.2, -0.15) is 0 Å². The minimum Gasteiger partial charge on any atom is -0.444 e. The average molecular weight is 865 g/mol. The largest absolute Gasteiger partial charge is 0.444 e. The summed E-state index contributed by atoms with van der Waals surface area (Å²) in [6, 6.07) is 29.2. The van der Waals surface area contributed by atoms with Crippen LogP contribution in [0.1, 0.15) is 105 Å². The number of ketones is 1. The normalized spacial score (nSPS) is 18.3. The standard InChI is InChI=1S/C51H56N6O7/c1-31(33-13-7-5-8-14-33)48(61)56-27-11-17-40(56)42(58)30-32-19-26-39-38(29-32)43(47(60)53-37-24-25-37)44(54-39)35-20-22-36(23-21-35)52-46(59)41-18-12-28-57(41)49(62)45(34-15-9-6-10-16-34)55-50(63)64-51(2,3)4/h5-10,13-16,19-23,26,29,31,37,40-41,45,54H,11-12,17-18,24-25,27-28,30H2,1-4H3,(H,52,59)(H,53,60)(H,55,63)/t31-,40+,41+,45-/m1/s1. The molecule has 3 heterocycles. The van der Waals surface area contributed by atoms with E-state index in [1.54, 1.807) is 62.1 Å². The van der Waals surface area contributed by atoms with E-state index >= 15 is 0 Å². The molecule has 1 saturated carbocycles. The maximum atomic E-state index is 14.1. The van der Waals surface area contributed by atoms with Crippen LogP contribution in [0, 0.1) is 0 Å². The summed E-state index contributed by atoms with van der Waals surface area (Å²) in [5, 5.41) is 9.53. The molecule has 0 spiro atoms. The fourth-order valence-electron chi connectivity index (χ4n) is 8.88. The van der Waals surface area contributed by atoms with Crippen molar-refractivity contribution in [2.45, 2.75) is 108 Å². The number of hydrogen-bond donors (Lipinski definition) is 4. The minimum absolute atomic E-state index is 0.0265. The number of ether oxygens (including phenoxy) is 1. The van der Waals surface area contributed by atoms with E-state index in [0.29, 0.717) is 60.2 Å². The van der Waals surface area contributed by atoms with Gasteiger partial charge >= 0.3 is 6.09 Å². The lowest BCUT2D eigenvalue weighted by Crippen LogP contribution is -2.49. The minimum atomic E-state index is -1.05. The number of amides is 5. The lowest BCUT2D eigenvalue weighted by molar-refractivity contribution is -0.138. The molecule has 332 valence electrons. The summed E-state index contributed by atoms with van der Waals surface area (Å²) in [5.74, 6) is -1.40. The topological polar surface area (TPSA) is 170 Å². The molecule has 2 saturated heterocycles. The Hall–Kier alpha value is -6.76. The predicted octanol–water partition coefficient (Wildman–Crippen LogP) is 7.83. The van der Waals surface area contributed by atoms with E-state index in [1.165, 1.54) is 4.90 Å². The van der Waals surface area contributed by atoms with Crippen molar-refractivity contribution in [1.82, 2.24) is 25.4 Å². The number of likely N-dealkylation sites (tertiary alicyclic amines) is 2. The Kier molecular flexibility index (Phi) is 12.7. The van der Waals surface area contributed by atoms with Crippen LogP contribution < -0.4 is 16.0 Å². The molecule has 2 aliphatic heterocycles. The third kappa shape index (κ3) is 9.88. The number of carbonyl (C=O) groups excluding carboxylic acids is 6. The van der Waals surface area contributed by atoms with Crippen LogP contribution in [-0.2, 0) is 30.3 Å². The second-order valence-electron chi connectivity index (χ2n) is 18.2. The maximum Gasteiger partial charge on any atom is 0.408 e. The molecule has 4 N–H and O–H groups in total. The maximum absolute atomic E-state index is 14.1. The van der Waals surface area contributed by atoms with Gasteiger partial charge in [0.15, 0.2) is 5.78 Å². The summed E-state index contributed by atoms with van der Waals surface area (Å²) in [4.78, 5) is 88.9. The molecule has 3 aliphatic rings. The first-order chi connectivity index (χ1) is 30.7. The van der Waals surface area contributed by atoms with Gasteiger partial charge in [-0.05, 0) is 113 Å². The molecular formula is C51H56N6O7. The molecule has 64 heavy (non-hydrogen) atoms. The van der Waals surface area contributed by atoms with E-state index in [1.807, 2.05) is 73.7 Å². The number of rotatable bonds is 13. The van der Waals surface area contributed by atoms with Crippen molar-refractivity contribution in [1.29, 1.82) is 0 Å². The highest BCUT2D eigenvalue weighted by Gasteiger charge is 2.39. The van der Waals surface area contributed by atoms with E-state index in [0.717, 1.165) is 41.5 Å². The fourth-order valence-corrected chi connectivity index (χ4v) is 8.88. The van der Waals surface area contributed by atoms with Gasteiger partial charge in [-0.3, -0.25) is 24.0 Å². The Morgan fingerprint density at radius 1 is 0.750 bits per heavy atom. The lowest BCUT2D eigenvalue weighted by Gasteiger charge is -2.29. The van der Waals surface area contributed by atoms with Gasteiger partial charge in [-0.1, -0.05) is 78.9 Å². The van der Waals surface area contributed by atoms with Gasteiger partial charge in [-0.15, -0.1) is 0 Å². The van der Waals surface area contributed by atoms with Gasteiger partial charge in [0.1, 0.15) is 17.7 Å². The van der Waals surface area contributed by atoms with E-state index < -0.39 is 35.7 Å². The molecule has 4 aromatic carbocycles. The molecule has 3 fully saturated rings. The number of aromatic nitrogens is 1. The fraction of sp³-hybridized carbons (Fsp3) is 0.373. The van der Waals surface area contributed by atoms with Gasteiger partial charge < -0.3 is 35.5 Å². The van der Waals surface area contributed by atoms with Gasteiger partial charge in [0.2, 0.25) is 11.8 Å². The number of benzene rings is 4. The van der Waals surface area contributed by atoms with Crippen LogP contribution in [0.3, 0.4) is 0 Å². The van der Waals surface area contributed by atoms with Crippen molar-refractivity contribution in [2.24, 2.45) is 0 Å². The number of hydrogen-bond acceptors (Lipinski definition) is 7. The van der Waals surface area contributed by atoms with E-state index in [9.17, 15) is 28.8 Å². The van der Waals surface area contributed by atoms with Crippen LogP contribution in [0.5, 0.6) is 0 Å². The van der Waals surface area contributed by atoms with Crippen molar-refractivity contribution in [3.05, 3.63) is 125 Å². The average Bonchev–Trinajstić information content (AvgIpc) is 3.61. The van der Waals surface area contributed by atoms with E-state index in [2.05, 4.69) is 20.9 Å². The molecule has 5 aromatic rings. The Balaban J connectivity index is 0.982. The van der Waals surface area contributed by atoms with Gasteiger partial charge in [0.05, 0.1) is 23.2 Å². The van der Waals surface area contributed by atoms with Crippen molar-refractivity contribution in [2.75, 3.05) is 18.4 Å². The van der Waals surface area contributed by atoms with Gasteiger partial charge in [0.25, 0.3) is 11.8 Å². The Morgan fingerprint density at radius 2 is 1.38 bits per heavy atom. The monoisotopic (exact) mass is 864 g/mol. The quantitative estimate of drug-likeness (QED) is 0.0935. The first-order valence-electron chi connectivity index (χ1n) is 22.3. The van der Waals surface area contributed by atoms with Crippen molar-refractivity contribution in [3.8, 4) is 11.3 Å². The van der Waals surface area contributed by atoms with E-state index in [4.69, 9.17) is 4.74 Å². The third-order valence-electron chi connectivity index (χ3n) is 12.3. The number of fused-ring (bicyclic) bond motifs is 1. The number of aromatic amines is 1. The Labute approximate surface area is 373 Å². The summed E-state index contributed by atoms with van der Waals surface area (Å²) < 4.78 is 5.47. The zero-order valence-electron chi connectivity index (χ0n) is 36.8. The SMILES string of the molecule is C[C@@H](C(=O)N1CCC[C@H]1C(=O)Cc1ccc2[nH]c(-c3ccc(NC(=O)[C@@H]4CCCN4C(=O)[C@H](NC(=O)OC(C)(C)C)c4ccccc4)cc3)c(C(=O)NC3CC3)c2c1)c1ccccc1. The highest BCUT2D eigenvalue weighted by Crippen LogP contribution is 2.34. The number of nitrogens with zero attached hydrogens (tertiary/aromatic N) is 2. The molecule has 13 nitrogen and oxygen atoms in total. The summed E-state index contributed by atoms with van der Waals surface area (Å²) in [6.45, 7) is 8.02. The number of nitrogens with one attached hydrogen (secondary N) is 4. The van der Waals surface area contributed by atoms with Crippen molar-refractivity contribution < 1.29 is 33.5 Å². The number of Topliss-reactive ketones (excluding diaryl/α,β-unsaturated/α-hetero) is 1. The van der Waals surface area contributed by atoms with Crippen LogP contribution in [0.15, 0.2) is 103 Å². The number of H-pyrrole nitrogens is 1. The zero-order valence-corrected chi connectivity index (χ0v) is 36.8. The Bertz CT molecular complexity index is 2550. The molecule has 0 unspecified atom stereocenters. The Morgan fingerprint density at radius 3 is 2.02 bits per heavy atom. The summed E-state index contributed by atoms with van der Waals surface area (Å²) in [7, 11) is 0. The number of carbonyl (C=O) groups is 6. The summed E-state index contributed by atoms with van der Waals surface area (Å²) in [6.07, 6.45) is 3.67. The van der Waals surface area contributed by atoms with Crippen LogP contribution in [-0.4, -0.2) is 87.1 Å². The summed E-state index contributed by atoms with van der Waals surface area (Å²) in [5.41, 5.74) is 4.52. The molecule has 1 aliphatic carbocycles. The molecule has 5 amide bonds. The third-order valence-corrected chi connectivity index (χ3v) is 12.3. The van der Waals surface area contributed by atoms with Gasteiger partial charge in [-0.25, -0.2) is 4.79 Å². The highest BCUT2D eigenvalue weighted by atomic mass is 16.6. The van der Waals surface area contributed by atoms with Crippen LogP contribution in [0.25, 0.3) is 22.2 Å². The molecule has 13 heteroatoms.